The van der Waals surface area contributed by atoms with Gasteiger partial charge in [0.15, 0.2) is 0 Å². The van der Waals surface area contributed by atoms with E-state index < -0.39 is 0 Å². The molecule has 2 aromatic heterocycles. The molecule has 0 saturated carbocycles. The molecule has 0 spiro atoms. The Balaban J connectivity index is 1.91. The molecule has 3 heterocycles. The van der Waals surface area contributed by atoms with Crippen LogP contribution in [-0.2, 0) is 20.0 Å². The summed E-state index contributed by atoms with van der Waals surface area (Å²) in [6.07, 6.45) is 5.25. The number of aliphatic hydroxyl groups excluding tert-OH is 1. The van der Waals surface area contributed by atoms with Crippen molar-refractivity contribution in [2.45, 2.75) is 19.0 Å². The second-order valence-corrected chi connectivity index (χ2v) is 4.73. The van der Waals surface area contributed by atoms with Gasteiger partial charge in [0, 0.05) is 19.2 Å². The van der Waals surface area contributed by atoms with Crippen molar-refractivity contribution in [1.82, 2.24) is 14.5 Å². The van der Waals surface area contributed by atoms with E-state index in [1.54, 1.807) is 17.3 Å². The lowest BCUT2D eigenvalue weighted by molar-refractivity contribution is 0.0535. The van der Waals surface area contributed by atoms with E-state index in [-0.39, 0.29) is 18.6 Å². The van der Waals surface area contributed by atoms with Crippen LogP contribution >= 0.6 is 0 Å². The molecule has 0 radical (unpaired) electrons. The molecule has 19 heavy (non-hydrogen) atoms. The van der Waals surface area contributed by atoms with E-state index in [2.05, 4.69) is 4.98 Å². The molecule has 0 aliphatic carbocycles. The topological polar surface area (TPSA) is 71.5 Å². The highest BCUT2D eigenvalue weighted by molar-refractivity contribution is 5.94. The van der Waals surface area contributed by atoms with E-state index in [1.807, 2.05) is 11.6 Å². The Morgan fingerprint density at radius 2 is 2.47 bits per heavy atom. The standard InChI is InChI=1S/C13H15N3O3/c1-15-8-14-11-5-16(10(6-17)4-12(11)15)13(18)9-2-3-19-7-9/h2-3,7-8,10,17H,4-6H2,1H3/t10-/m1/s1. The second kappa shape index (κ2) is 4.55. The van der Waals surface area contributed by atoms with Crippen LogP contribution in [0.5, 0.6) is 0 Å². The SMILES string of the molecule is Cn1cnc2c1C[C@H](CO)N(C(=O)c1ccoc1)C2. The summed E-state index contributed by atoms with van der Waals surface area (Å²) in [7, 11) is 1.92. The van der Waals surface area contributed by atoms with Crippen LogP contribution in [0.25, 0.3) is 0 Å². The highest BCUT2D eigenvalue weighted by atomic mass is 16.3. The first kappa shape index (κ1) is 12.0. The van der Waals surface area contributed by atoms with Crippen molar-refractivity contribution in [1.29, 1.82) is 0 Å². The largest absolute Gasteiger partial charge is 0.472 e. The summed E-state index contributed by atoms with van der Waals surface area (Å²) in [5, 5.41) is 9.51. The predicted octanol–water partition coefficient (Wildman–Crippen LogP) is 0.572. The van der Waals surface area contributed by atoms with Crippen molar-refractivity contribution in [2.24, 2.45) is 7.05 Å². The number of hydrogen-bond acceptors (Lipinski definition) is 4. The van der Waals surface area contributed by atoms with Crippen molar-refractivity contribution in [3.8, 4) is 0 Å². The summed E-state index contributed by atoms with van der Waals surface area (Å²) < 4.78 is 6.88. The molecule has 1 aliphatic heterocycles. The third-order valence-electron chi connectivity index (χ3n) is 3.58. The van der Waals surface area contributed by atoms with Crippen molar-refractivity contribution in [2.75, 3.05) is 6.61 Å². The van der Waals surface area contributed by atoms with E-state index in [9.17, 15) is 9.90 Å². The number of nitrogens with zero attached hydrogens (tertiary/aromatic N) is 3. The van der Waals surface area contributed by atoms with Crippen LogP contribution in [0, 0.1) is 0 Å². The van der Waals surface area contributed by atoms with Gasteiger partial charge in [-0.1, -0.05) is 0 Å². The number of carbonyl (C=O) groups is 1. The summed E-state index contributed by atoms with van der Waals surface area (Å²) in [6.45, 7) is 0.361. The van der Waals surface area contributed by atoms with Gasteiger partial charge in [-0.3, -0.25) is 4.79 Å². The molecular formula is C13H15N3O3. The number of carbonyl (C=O) groups excluding carboxylic acids is 1. The number of rotatable bonds is 2. The van der Waals surface area contributed by atoms with Gasteiger partial charge >= 0.3 is 0 Å². The fraction of sp³-hybridized carbons (Fsp3) is 0.385. The van der Waals surface area contributed by atoms with Gasteiger partial charge in [0.1, 0.15) is 6.26 Å². The maximum absolute atomic E-state index is 12.4. The molecule has 0 saturated heterocycles. The van der Waals surface area contributed by atoms with Gasteiger partial charge in [-0.2, -0.15) is 0 Å². The minimum atomic E-state index is -0.217. The first-order valence-electron chi connectivity index (χ1n) is 6.13. The average molecular weight is 261 g/mol. The molecule has 1 amide bonds. The Kier molecular flexibility index (Phi) is 2.87. The van der Waals surface area contributed by atoms with Gasteiger partial charge in [0.05, 0.1) is 43.0 Å². The molecule has 0 unspecified atom stereocenters. The Morgan fingerprint density at radius 1 is 1.63 bits per heavy atom. The summed E-state index contributed by atoms with van der Waals surface area (Å²) in [5.41, 5.74) is 2.47. The Morgan fingerprint density at radius 3 is 3.16 bits per heavy atom. The third kappa shape index (κ3) is 1.94. The molecule has 100 valence electrons. The second-order valence-electron chi connectivity index (χ2n) is 4.73. The average Bonchev–Trinajstić information content (AvgIpc) is 3.07. The van der Waals surface area contributed by atoms with E-state index in [1.165, 1.54) is 12.5 Å². The third-order valence-corrected chi connectivity index (χ3v) is 3.58. The molecule has 2 aromatic rings. The van der Waals surface area contributed by atoms with Crippen LogP contribution in [0.3, 0.4) is 0 Å². The van der Waals surface area contributed by atoms with Crippen molar-refractivity contribution >= 4 is 5.91 Å². The van der Waals surface area contributed by atoms with E-state index in [0.717, 1.165) is 11.4 Å². The number of aryl methyl sites for hydroxylation is 1. The predicted molar refractivity (Wildman–Crippen MR) is 66.4 cm³/mol. The Bertz CT molecular complexity index is 588. The van der Waals surface area contributed by atoms with E-state index >= 15 is 0 Å². The summed E-state index contributed by atoms with van der Waals surface area (Å²) in [5.74, 6) is -0.135. The van der Waals surface area contributed by atoms with Gasteiger partial charge in [0.2, 0.25) is 0 Å². The number of imidazole rings is 1. The molecule has 1 aliphatic rings. The van der Waals surface area contributed by atoms with Crippen LogP contribution in [0.4, 0.5) is 0 Å². The van der Waals surface area contributed by atoms with Crippen LogP contribution in [0.15, 0.2) is 29.3 Å². The lowest BCUT2D eigenvalue weighted by Crippen LogP contribution is -2.46. The molecule has 6 nitrogen and oxygen atoms in total. The van der Waals surface area contributed by atoms with Gasteiger partial charge in [-0.15, -0.1) is 0 Å². The molecule has 3 rings (SSSR count). The zero-order valence-corrected chi connectivity index (χ0v) is 10.6. The van der Waals surface area contributed by atoms with Crippen LogP contribution in [0.2, 0.25) is 0 Å². The minimum Gasteiger partial charge on any atom is -0.472 e. The zero-order chi connectivity index (χ0) is 13.4. The molecule has 0 bridgehead atoms. The highest BCUT2D eigenvalue weighted by Crippen LogP contribution is 2.23. The summed E-state index contributed by atoms with van der Waals surface area (Å²) in [6, 6.07) is 1.41. The normalized spacial score (nSPS) is 18.4. The van der Waals surface area contributed by atoms with Crippen molar-refractivity contribution in [3.63, 3.8) is 0 Å². The zero-order valence-electron chi connectivity index (χ0n) is 10.6. The van der Waals surface area contributed by atoms with E-state index in [4.69, 9.17) is 4.42 Å². The number of aliphatic hydroxyl groups is 1. The monoisotopic (exact) mass is 261 g/mol. The Labute approximate surface area is 110 Å². The number of fused-ring (bicyclic) bond motifs is 1. The number of furan rings is 1. The lowest BCUT2D eigenvalue weighted by Gasteiger charge is -2.34. The van der Waals surface area contributed by atoms with Crippen molar-refractivity contribution in [3.05, 3.63) is 41.9 Å². The number of hydrogen-bond donors (Lipinski definition) is 1. The maximum Gasteiger partial charge on any atom is 0.257 e. The first-order valence-corrected chi connectivity index (χ1v) is 6.13. The molecule has 0 fully saturated rings. The quantitative estimate of drug-likeness (QED) is 0.858. The molecule has 0 aromatic carbocycles. The van der Waals surface area contributed by atoms with Crippen LogP contribution < -0.4 is 0 Å². The van der Waals surface area contributed by atoms with Crippen LogP contribution in [-0.4, -0.2) is 38.1 Å². The molecule has 1 atom stereocenters. The Hall–Kier alpha value is -2.08. The van der Waals surface area contributed by atoms with Gasteiger partial charge in [-0.25, -0.2) is 4.98 Å². The van der Waals surface area contributed by atoms with Gasteiger partial charge < -0.3 is 19.0 Å². The highest BCUT2D eigenvalue weighted by Gasteiger charge is 2.32. The number of amides is 1. The minimum absolute atomic E-state index is 0.0613. The molecule has 6 heteroatoms. The summed E-state index contributed by atoms with van der Waals surface area (Å²) >= 11 is 0. The van der Waals surface area contributed by atoms with Crippen LogP contribution in [0.1, 0.15) is 21.7 Å². The fourth-order valence-electron chi connectivity index (χ4n) is 2.47. The lowest BCUT2D eigenvalue weighted by atomic mass is 10.0. The van der Waals surface area contributed by atoms with Gasteiger partial charge in [0.25, 0.3) is 5.91 Å². The smallest absolute Gasteiger partial charge is 0.257 e. The number of aromatic nitrogens is 2. The van der Waals surface area contributed by atoms with E-state index in [0.29, 0.717) is 18.5 Å². The maximum atomic E-state index is 12.4. The van der Waals surface area contributed by atoms with Crippen molar-refractivity contribution < 1.29 is 14.3 Å². The first-order chi connectivity index (χ1) is 9.20. The molecule has 1 N–H and O–H groups in total. The van der Waals surface area contributed by atoms with Gasteiger partial charge in [-0.05, 0) is 6.07 Å². The fourth-order valence-corrected chi connectivity index (χ4v) is 2.47. The summed E-state index contributed by atoms with van der Waals surface area (Å²) in [4.78, 5) is 18.3. The molecular weight excluding hydrogens is 246 g/mol.